The lowest BCUT2D eigenvalue weighted by Crippen LogP contribution is -2.56. The van der Waals surface area contributed by atoms with Crippen LogP contribution >= 0.6 is 0 Å². The standard InChI is InChI=1S/C15H25N3O5/c1-9(2)6-11(17-14(22)23)13(21)18-15(3,8-19)7-10-4-5-16-12(10)20/h8-11,17H,4-7H2,1-3H3,(H,16,20)(H,18,21)(H,22,23). The van der Waals surface area contributed by atoms with Gasteiger partial charge in [-0.1, -0.05) is 13.8 Å². The molecule has 1 rings (SSSR count). The molecule has 23 heavy (non-hydrogen) atoms. The number of aldehydes is 1. The van der Waals surface area contributed by atoms with Gasteiger partial charge in [-0.05, 0) is 32.1 Å². The number of carbonyl (C=O) groups excluding carboxylic acids is 3. The van der Waals surface area contributed by atoms with Crippen LogP contribution in [-0.4, -0.2) is 47.4 Å². The molecular formula is C15H25N3O5. The van der Waals surface area contributed by atoms with Gasteiger partial charge in [0.2, 0.25) is 11.8 Å². The van der Waals surface area contributed by atoms with E-state index < -0.39 is 23.6 Å². The molecule has 1 heterocycles. The molecule has 1 aliphatic rings. The quantitative estimate of drug-likeness (QED) is 0.476. The summed E-state index contributed by atoms with van der Waals surface area (Å²) in [5.74, 6) is -0.925. The van der Waals surface area contributed by atoms with E-state index in [0.29, 0.717) is 25.7 Å². The van der Waals surface area contributed by atoms with Crippen LogP contribution in [0.1, 0.15) is 40.0 Å². The van der Waals surface area contributed by atoms with Crippen molar-refractivity contribution in [1.29, 1.82) is 0 Å². The molecule has 0 aromatic rings. The van der Waals surface area contributed by atoms with Crippen LogP contribution in [0.4, 0.5) is 4.79 Å². The summed E-state index contributed by atoms with van der Waals surface area (Å²) in [6, 6.07) is -0.941. The lowest BCUT2D eigenvalue weighted by Gasteiger charge is -2.29. The molecule has 4 N–H and O–H groups in total. The molecule has 0 aliphatic carbocycles. The molecule has 130 valence electrons. The summed E-state index contributed by atoms with van der Waals surface area (Å²) in [5.41, 5.74) is -1.21. The van der Waals surface area contributed by atoms with E-state index in [0.717, 1.165) is 0 Å². The van der Waals surface area contributed by atoms with Gasteiger partial charge < -0.3 is 25.9 Å². The fraction of sp³-hybridized carbons (Fsp3) is 0.733. The fourth-order valence-corrected chi connectivity index (χ4v) is 2.70. The fourth-order valence-electron chi connectivity index (χ4n) is 2.70. The molecule has 1 aliphatic heterocycles. The molecule has 8 heteroatoms. The summed E-state index contributed by atoms with van der Waals surface area (Å²) < 4.78 is 0. The molecule has 0 bridgehead atoms. The molecule has 0 aromatic carbocycles. The van der Waals surface area contributed by atoms with Gasteiger partial charge in [-0.2, -0.15) is 0 Å². The summed E-state index contributed by atoms with van der Waals surface area (Å²) in [6.07, 6.45) is 0.422. The Balaban J connectivity index is 2.76. The zero-order valence-electron chi connectivity index (χ0n) is 13.7. The number of hydrogen-bond acceptors (Lipinski definition) is 4. The highest BCUT2D eigenvalue weighted by molar-refractivity contribution is 5.89. The second kappa shape index (κ2) is 7.94. The van der Waals surface area contributed by atoms with Crippen LogP contribution in [0.15, 0.2) is 0 Å². The number of carboxylic acid groups (broad SMARTS) is 1. The van der Waals surface area contributed by atoms with Crippen molar-refractivity contribution in [2.75, 3.05) is 6.54 Å². The number of hydrogen-bond donors (Lipinski definition) is 4. The Morgan fingerprint density at radius 1 is 1.48 bits per heavy atom. The van der Waals surface area contributed by atoms with Crippen molar-refractivity contribution < 1.29 is 24.3 Å². The topological polar surface area (TPSA) is 125 Å². The summed E-state index contributed by atoms with van der Waals surface area (Å²) in [4.78, 5) is 46.3. The minimum absolute atomic E-state index is 0.0979. The molecule has 3 amide bonds. The summed E-state index contributed by atoms with van der Waals surface area (Å²) >= 11 is 0. The Bertz CT molecular complexity index is 480. The van der Waals surface area contributed by atoms with Crippen LogP contribution in [0.2, 0.25) is 0 Å². The maximum atomic E-state index is 12.3. The Kier molecular flexibility index (Phi) is 6.53. The minimum Gasteiger partial charge on any atom is -0.465 e. The van der Waals surface area contributed by atoms with Crippen molar-refractivity contribution in [3.05, 3.63) is 0 Å². The lowest BCUT2D eigenvalue weighted by molar-refractivity contribution is -0.130. The first-order valence-corrected chi connectivity index (χ1v) is 7.72. The van der Waals surface area contributed by atoms with E-state index in [9.17, 15) is 19.2 Å². The molecule has 1 saturated heterocycles. The molecule has 0 spiro atoms. The number of nitrogens with one attached hydrogen (secondary N) is 3. The number of amides is 3. The average Bonchev–Trinajstić information content (AvgIpc) is 2.82. The molecule has 0 saturated carbocycles. The van der Waals surface area contributed by atoms with Crippen molar-refractivity contribution in [1.82, 2.24) is 16.0 Å². The van der Waals surface area contributed by atoms with E-state index in [1.165, 1.54) is 6.92 Å². The molecule has 3 atom stereocenters. The first-order valence-electron chi connectivity index (χ1n) is 7.72. The van der Waals surface area contributed by atoms with E-state index in [1.807, 2.05) is 13.8 Å². The highest BCUT2D eigenvalue weighted by atomic mass is 16.4. The average molecular weight is 327 g/mol. The van der Waals surface area contributed by atoms with Crippen LogP contribution in [0, 0.1) is 11.8 Å². The number of rotatable bonds is 8. The van der Waals surface area contributed by atoms with Gasteiger partial charge in [0.05, 0.1) is 5.54 Å². The zero-order valence-corrected chi connectivity index (χ0v) is 13.7. The Morgan fingerprint density at radius 3 is 2.57 bits per heavy atom. The van der Waals surface area contributed by atoms with Gasteiger partial charge >= 0.3 is 6.09 Å². The largest absolute Gasteiger partial charge is 0.465 e. The monoisotopic (exact) mass is 327 g/mol. The zero-order chi connectivity index (χ0) is 17.6. The molecule has 8 nitrogen and oxygen atoms in total. The predicted octanol–water partition coefficient (Wildman–Crippen LogP) is 0.269. The molecule has 0 radical (unpaired) electrons. The molecule has 3 unspecified atom stereocenters. The van der Waals surface area contributed by atoms with Crippen LogP contribution in [0.25, 0.3) is 0 Å². The van der Waals surface area contributed by atoms with Crippen molar-refractivity contribution in [3.8, 4) is 0 Å². The van der Waals surface area contributed by atoms with Gasteiger partial charge in [0, 0.05) is 12.5 Å². The van der Waals surface area contributed by atoms with Crippen LogP contribution in [0.5, 0.6) is 0 Å². The van der Waals surface area contributed by atoms with Crippen molar-refractivity contribution >= 4 is 24.2 Å². The van der Waals surface area contributed by atoms with Crippen molar-refractivity contribution in [3.63, 3.8) is 0 Å². The molecular weight excluding hydrogens is 302 g/mol. The van der Waals surface area contributed by atoms with Gasteiger partial charge in [-0.15, -0.1) is 0 Å². The second-order valence-corrected chi connectivity index (χ2v) is 6.64. The van der Waals surface area contributed by atoms with E-state index in [2.05, 4.69) is 16.0 Å². The van der Waals surface area contributed by atoms with Gasteiger partial charge in [0.25, 0.3) is 0 Å². The van der Waals surface area contributed by atoms with E-state index in [-0.39, 0.29) is 24.2 Å². The summed E-state index contributed by atoms with van der Waals surface area (Å²) in [6.45, 7) is 5.83. The minimum atomic E-state index is -1.30. The van der Waals surface area contributed by atoms with Crippen LogP contribution in [0.3, 0.4) is 0 Å². The van der Waals surface area contributed by atoms with E-state index in [4.69, 9.17) is 5.11 Å². The smallest absolute Gasteiger partial charge is 0.405 e. The molecule has 1 fully saturated rings. The summed E-state index contributed by atoms with van der Waals surface area (Å²) in [7, 11) is 0. The van der Waals surface area contributed by atoms with Gasteiger partial charge in [-0.3, -0.25) is 9.59 Å². The molecule has 0 aromatic heterocycles. The Morgan fingerprint density at radius 2 is 2.13 bits per heavy atom. The third-order valence-electron chi connectivity index (χ3n) is 3.82. The second-order valence-electron chi connectivity index (χ2n) is 6.64. The van der Waals surface area contributed by atoms with Crippen LogP contribution in [-0.2, 0) is 14.4 Å². The normalized spacial score (nSPS) is 21.2. The Labute approximate surface area is 135 Å². The van der Waals surface area contributed by atoms with Gasteiger partial charge in [0.1, 0.15) is 12.3 Å². The first kappa shape index (κ1) is 18.9. The van der Waals surface area contributed by atoms with Gasteiger partial charge in [0.15, 0.2) is 0 Å². The maximum Gasteiger partial charge on any atom is 0.405 e. The van der Waals surface area contributed by atoms with E-state index in [1.54, 1.807) is 0 Å². The third-order valence-corrected chi connectivity index (χ3v) is 3.82. The van der Waals surface area contributed by atoms with Crippen molar-refractivity contribution in [2.24, 2.45) is 11.8 Å². The van der Waals surface area contributed by atoms with Crippen LogP contribution < -0.4 is 16.0 Å². The lowest BCUT2D eigenvalue weighted by atomic mass is 9.88. The SMILES string of the molecule is CC(C)CC(NC(=O)O)C(=O)NC(C)(C=O)CC1CCNC1=O. The predicted molar refractivity (Wildman–Crippen MR) is 82.7 cm³/mol. The van der Waals surface area contributed by atoms with E-state index >= 15 is 0 Å². The maximum absolute atomic E-state index is 12.3. The summed E-state index contributed by atoms with van der Waals surface area (Å²) in [5, 5.41) is 16.3. The first-order chi connectivity index (χ1) is 10.7. The van der Waals surface area contributed by atoms with Gasteiger partial charge in [-0.25, -0.2) is 4.79 Å². The highest BCUT2D eigenvalue weighted by Gasteiger charge is 2.36. The van der Waals surface area contributed by atoms with Crippen molar-refractivity contribution in [2.45, 2.75) is 51.6 Å². The third kappa shape index (κ3) is 5.88. The number of carbonyl (C=O) groups is 4. The highest BCUT2D eigenvalue weighted by Crippen LogP contribution is 2.22. The Hall–Kier alpha value is -2.12.